The van der Waals surface area contributed by atoms with Crippen molar-refractivity contribution < 1.29 is 18.7 Å². The highest BCUT2D eigenvalue weighted by Gasteiger charge is 2.64. The molecule has 0 unspecified atom stereocenters. The van der Waals surface area contributed by atoms with Crippen molar-refractivity contribution in [3.05, 3.63) is 81.8 Å². The molecule has 1 N–H and O–H groups in total. The van der Waals surface area contributed by atoms with E-state index in [1.54, 1.807) is 31.4 Å². The largest absolute Gasteiger partial charge is 0.497 e. The second kappa shape index (κ2) is 7.28. The first-order valence-corrected chi connectivity index (χ1v) is 10.9. The fraction of sp³-hybridized carbons (Fsp3) is 0.250. The number of likely N-dealkylation sites (N-methyl/N-ethyl adjacent to an activating group) is 1. The maximum atomic E-state index is 13.9. The number of amides is 1. The van der Waals surface area contributed by atoms with E-state index in [9.17, 15) is 14.0 Å². The van der Waals surface area contributed by atoms with Gasteiger partial charge in [0.1, 0.15) is 17.1 Å². The third kappa shape index (κ3) is 2.84. The molecule has 0 radical (unpaired) electrons. The summed E-state index contributed by atoms with van der Waals surface area (Å²) in [5.41, 5.74) is 1.08. The molecule has 31 heavy (non-hydrogen) atoms. The molecule has 0 saturated carbocycles. The lowest BCUT2D eigenvalue weighted by Crippen LogP contribution is -2.51. The van der Waals surface area contributed by atoms with Crippen LogP contribution in [0.1, 0.15) is 26.7 Å². The Balaban J connectivity index is 1.73. The molecule has 2 aliphatic heterocycles. The number of nitrogens with zero attached hydrogens (tertiary/aromatic N) is 1. The highest BCUT2D eigenvalue weighted by atomic mass is 32.1. The van der Waals surface area contributed by atoms with Crippen molar-refractivity contribution in [2.24, 2.45) is 5.92 Å². The Morgan fingerprint density at radius 3 is 2.68 bits per heavy atom. The van der Waals surface area contributed by atoms with Gasteiger partial charge in [-0.2, -0.15) is 0 Å². The van der Waals surface area contributed by atoms with E-state index in [0.29, 0.717) is 22.9 Å². The number of anilines is 1. The molecule has 1 spiro atoms. The minimum absolute atomic E-state index is 0.0838. The van der Waals surface area contributed by atoms with Crippen LogP contribution in [0.4, 0.5) is 10.1 Å². The zero-order chi connectivity index (χ0) is 21.8. The monoisotopic (exact) mass is 436 g/mol. The average molecular weight is 437 g/mol. The summed E-state index contributed by atoms with van der Waals surface area (Å²) in [6.07, 6.45) is 0. The van der Waals surface area contributed by atoms with Crippen molar-refractivity contribution in [2.75, 3.05) is 26.0 Å². The minimum atomic E-state index is -1.18. The molecule has 1 amide bonds. The van der Waals surface area contributed by atoms with Gasteiger partial charge in [-0.15, -0.1) is 11.3 Å². The van der Waals surface area contributed by atoms with Crippen molar-refractivity contribution in [1.82, 2.24) is 4.90 Å². The summed E-state index contributed by atoms with van der Waals surface area (Å²) in [4.78, 5) is 30.0. The van der Waals surface area contributed by atoms with Gasteiger partial charge in [0.05, 0.1) is 17.9 Å². The molecule has 3 atom stereocenters. The topological polar surface area (TPSA) is 58.6 Å². The number of carbonyl (C=O) groups is 2. The normalized spacial score (nSPS) is 24.9. The standard InChI is InChI=1S/C24H21FN2O3S/c1-27-13-17(14-5-7-15(25)8-6-14)21(22(28)20-4-3-11-31-20)24(27)18-12-16(30-2)9-10-19(18)26-23(24)29/h3-12,17,21H,13H2,1-2H3,(H,26,29)/t17-,21-,24+/m0/s1. The van der Waals surface area contributed by atoms with Crippen LogP contribution < -0.4 is 10.1 Å². The molecule has 0 bridgehead atoms. The highest BCUT2D eigenvalue weighted by molar-refractivity contribution is 7.12. The van der Waals surface area contributed by atoms with Crippen molar-refractivity contribution in [3.63, 3.8) is 0 Å². The SMILES string of the molecule is COc1ccc2c(c1)[C@]1(C(=O)N2)[C@H](C(=O)c2cccs2)[C@H](c2ccc(F)cc2)CN1C. The number of benzene rings is 2. The van der Waals surface area contributed by atoms with Gasteiger partial charge in [-0.1, -0.05) is 18.2 Å². The van der Waals surface area contributed by atoms with Crippen LogP contribution in [0.25, 0.3) is 0 Å². The molecule has 158 valence electrons. The highest BCUT2D eigenvalue weighted by Crippen LogP contribution is 2.56. The number of likely N-dealkylation sites (tertiary alicyclic amines) is 1. The molecule has 3 aromatic rings. The van der Waals surface area contributed by atoms with Gasteiger partial charge in [-0.25, -0.2) is 4.39 Å². The van der Waals surface area contributed by atoms with Gasteiger partial charge in [-0.3, -0.25) is 14.5 Å². The van der Waals surface area contributed by atoms with Gasteiger partial charge in [0, 0.05) is 23.7 Å². The molecule has 1 aromatic heterocycles. The molecule has 2 aliphatic rings. The second-order valence-electron chi connectivity index (χ2n) is 7.99. The minimum Gasteiger partial charge on any atom is -0.497 e. The van der Waals surface area contributed by atoms with Crippen LogP contribution in [0, 0.1) is 11.7 Å². The number of carbonyl (C=O) groups excluding carboxylic acids is 2. The molecule has 1 fully saturated rings. The summed E-state index contributed by atoms with van der Waals surface area (Å²) in [5, 5.41) is 4.84. The number of methoxy groups -OCH3 is 1. The first kappa shape index (κ1) is 19.9. The number of rotatable bonds is 4. The summed E-state index contributed by atoms with van der Waals surface area (Å²) in [5.74, 6) is -0.967. The Labute approximate surface area is 183 Å². The third-order valence-electron chi connectivity index (χ3n) is 6.50. The first-order valence-electron chi connectivity index (χ1n) is 10.0. The number of ether oxygens (including phenoxy) is 1. The van der Waals surface area contributed by atoms with Crippen molar-refractivity contribution >= 4 is 28.7 Å². The quantitative estimate of drug-likeness (QED) is 0.621. The zero-order valence-electron chi connectivity index (χ0n) is 17.1. The number of thiophene rings is 1. The molecular formula is C24H21FN2O3S. The Kier molecular flexibility index (Phi) is 4.68. The number of nitrogens with one attached hydrogen (secondary N) is 1. The van der Waals surface area contributed by atoms with Crippen LogP contribution in [0.2, 0.25) is 0 Å². The number of hydrogen-bond donors (Lipinski definition) is 1. The van der Waals surface area contributed by atoms with Crippen molar-refractivity contribution in [3.8, 4) is 5.75 Å². The van der Waals surface area contributed by atoms with Crippen molar-refractivity contribution in [1.29, 1.82) is 0 Å². The lowest BCUT2D eigenvalue weighted by molar-refractivity contribution is -0.126. The van der Waals surface area contributed by atoms with Gasteiger partial charge in [0.2, 0.25) is 5.91 Å². The molecule has 0 aliphatic carbocycles. The van der Waals surface area contributed by atoms with Crippen LogP contribution in [-0.4, -0.2) is 37.3 Å². The Hall–Kier alpha value is -3.03. The van der Waals surface area contributed by atoms with Gasteiger partial charge >= 0.3 is 0 Å². The summed E-state index contributed by atoms with van der Waals surface area (Å²) < 4.78 is 19.0. The Morgan fingerprint density at radius 1 is 1.23 bits per heavy atom. The van der Waals surface area contributed by atoms with Gasteiger partial charge in [0.25, 0.3) is 0 Å². The van der Waals surface area contributed by atoms with Crippen LogP contribution in [0.5, 0.6) is 5.75 Å². The summed E-state index contributed by atoms with van der Waals surface area (Å²) >= 11 is 1.37. The number of ketones is 1. The smallest absolute Gasteiger partial charge is 0.250 e. The average Bonchev–Trinajstić information content (AvgIpc) is 3.47. The second-order valence-corrected chi connectivity index (χ2v) is 8.94. The summed E-state index contributed by atoms with van der Waals surface area (Å²) in [6, 6.07) is 15.3. The number of halogens is 1. The lowest BCUT2D eigenvalue weighted by atomic mass is 9.71. The van der Waals surface area contributed by atoms with Gasteiger partial charge in [-0.05, 0) is 54.4 Å². The van der Waals surface area contributed by atoms with Crippen LogP contribution in [0.15, 0.2) is 60.0 Å². The maximum absolute atomic E-state index is 13.9. The summed E-state index contributed by atoms with van der Waals surface area (Å²) in [7, 11) is 3.44. The van der Waals surface area contributed by atoms with Crippen LogP contribution in [0.3, 0.4) is 0 Å². The molecule has 5 rings (SSSR count). The molecule has 7 heteroatoms. The van der Waals surface area contributed by atoms with E-state index in [1.165, 1.54) is 23.5 Å². The van der Waals surface area contributed by atoms with E-state index in [1.807, 2.05) is 35.5 Å². The fourth-order valence-electron chi connectivity index (χ4n) is 5.13. The maximum Gasteiger partial charge on any atom is 0.250 e. The number of hydrogen-bond acceptors (Lipinski definition) is 5. The zero-order valence-corrected chi connectivity index (χ0v) is 17.9. The molecule has 2 aromatic carbocycles. The van der Waals surface area contributed by atoms with Crippen molar-refractivity contribution in [2.45, 2.75) is 11.5 Å². The summed E-state index contributed by atoms with van der Waals surface area (Å²) in [6.45, 7) is 0.484. The van der Waals surface area contributed by atoms with E-state index >= 15 is 0 Å². The lowest BCUT2D eigenvalue weighted by Gasteiger charge is -2.35. The molecule has 1 saturated heterocycles. The predicted octanol–water partition coefficient (Wildman–Crippen LogP) is 4.27. The number of Topliss-reactive ketones (excluding diaryl/α,β-unsaturated/α-hetero) is 1. The number of fused-ring (bicyclic) bond motifs is 2. The fourth-order valence-corrected chi connectivity index (χ4v) is 5.83. The Morgan fingerprint density at radius 2 is 2.00 bits per heavy atom. The molecule has 3 heterocycles. The molecule has 5 nitrogen and oxygen atoms in total. The predicted molar refractivity (Wildman–Crippen MR) is 117 cm³/mol. The first-order chi connectivity index (χ1) is 15.0. The van der Waals surface area contributed by atoms with E-state index < -0.39 is 11.5 Å². The van der Waals surface area contributed by atoms with Gasteiger partial charge in [0.15, 0.2) is 5.78 Å². The van der Waals surface area contributed by atoms with Gasteiger partial charge < -0.3 is 10.1 Å². The van der Waals surface area contributed by atoms with Crippen LogP contribution >= 0.6 is 11.3 Å². The van der Waals surface area contributed by atoms with E-state index in [0.717, 1.165) is 11.1 Å². The third-order valence-corrected chi connectivity index (χ3v) is 7.39. The van der Waals surface area contributed by atoms with Crippen LogP contribution in [-0.2, 0) is 10.3 Å². The van der Waals surface area contributed by atoms with E-state index in [-0.39, 0.29) is 23.4 Å². The van der Waals surface area contributed by atoms with E-state index in [4.69, 9.17) is 4.74 Å². The van der Waals surface area contributed by atoms with E-state index in [2.05, 4.69) is 5.32 Å². The molecular weight excluding hydrogens is 415 g/mol. The Bertz CT molecular complexity index is 1160.